The van der Waals surface area contributed by atoms with Gasteiger partial charge in [-0.15, -0.1) is 0 Å². The van der Waals surface area contributed by atoms with E-state index in [2.05, 4.69) is 5.32 Å². The quantitative estimate of drug-likeness (QED) is 0.313. The number of piperidine rings is 2. The van der Waals surface area contributed by atoms with Crippen LogP contribution < -0.4 is 19.7 Å². The normalized spacial score (nSPS) is 25.1. The van der Waals surface area contributed by atoms with E-state index in [0.29, 0.717) is 28.6 Å². The zero-order valence-corrected chi connectivity index (χ0v) is 25.7. The van der Waals surface area contributed by atoms with Gasteiger partial charge in [-0.3, -0.25) is 4.79 Å². The summed E-state index contributed by atoms with van der Waals surface area (Å²) in [6.45, 7) is 5.92. The SMILES string of the molecule is COc1cc2c(cc1OC(C)C)[C@H](c1ccc(Cl)cc1)N(c1ccc(C(C)(O)C3CC4CCCC(C3)N4)cc1)C(=O)C2. The molecule has 3 aromatic rings. The van der Waals surface area contributed by atoms with Crippen LogP contribution in [0.15, 0.2) is 60.7 Å². The minimum atomic E-state index is -0.942. The number of ether oxygens (including phenoxy) is 2. The minimum absolute atomic E-state index is 0.00674. The van der Waals surface area contributed by atoms with Crippen molar-refractivity contribution in [3.05, 3.63) is 87.9 Å². The van der Waals surface area contributed by atoms with E-state index >= 15 is 0 Å². The van der Waals surface area contributed by atoms with Gasteiger partial charge in [-0.25, -0.2) is 0 Å². The second-order valence-corrected chi connectivity index (χ2v) is 13.1. The van der Waals surface area contributed by atoms with Crippen molar-refractivity contribution in [3.8, 4) is 11.5 Å². The van der Waals surface area contributed by atoms with Crippen LogP contribution in [0.4, 0.5) is 5.69 Å². The molecule has 7 heteroatoms. The molecule has 4 atom stereocenters. The highest BCUT2D eigenvalue weighted by molar-refractivity contribution is 6.30. The van der Waals surface area contributed by atoms with Gasteiger partial charge in [0.2, 0.25) is 5.91 Å². The highest BCUT2D eigenvalue weighted by atomic mass is 35.5. The van der Waals surface area contributed by atoms with E-state index in [0.717, 1.165) is 40.8 Å². The number of carbonyl (C=O) groups excluding carboxylic acids is 1. The number of hydrogen-bond acceptors (Lipinski definition) is 5. The Morgan fingerprint density at radius 3 is 2.29 bits per heavy atom. The molecule has 2 saturated heterocycles. The highest BCUT2D eigenvalue weighted by Gasteiger charge is 2.42. The van der Waals surface area contributed by atoms with Gasteiger partial charge in [-0.2, -0.15) is 0 Å². The van der Waals surface area contributed by atoms with Crippen LogP contribution in [-0.4, -0.2) is 36.3 Å². The maximum absolute atomic E-state index is 13.9. The van der Waals surface area contributed by atoms with Gasteiger partial charge >= 0.3 is 0 Å². The fraction of sp³-hybridized carbons (Fsp3) is 0.457. The number of amides is 1. The molecule has 0 radical (unpaired) electrons. The summed E-state index contributed by atoms with van der Waals surface area (Å²) in [5.41, 5.74) is 3.59. The smallest absolute Gasteiger partial charge is 0.232 e. The van der Waals surface area contributed by atoms with Gasteiger partial charge in [-0.05, 0) is 111 Å². The first-order chi connectivity index (χ1) is 20.1. The van der Waals surface area contributed by atoms with Crippen molar-refractivity contribution < 1.29 is 19.4 Å². The van der Waals surface area contributed by atoms with Gasteiger partial charge in [0.1, 0.15) is 0 Å². The molecule has 222 valence electrons. The number of fused-ring (bicyclic) bond motifs is 3. The molecule has 0 saturated carbocycles. The molecule has 6 nitrogen and oxygen atoms in total. The Labute approximate surface area is 254 Å². The van der Waals surface area contributed by atoms with E-state index in [1.54, 1.807) is 7.11 Å². The predicted octanol–water partition coefficient (Wildman–Crippen LogP) is 6.94. The van der Waals surface area contributed by atoms with Crippen LogP contribution in [0.25, 0.3) is 0 Å². The Balaban J connectivity index is 1.38. The number of methoxy groups -OCH3 is 1. The Morgan fingerprint density at radius 2 is 1.67 bits per heavy atom. The maximum Gasteiger partial charge on any atom is 0.232 e. The average molecular weight is 589 g/mol. The molecule has 2 fully saturated rings. The number of rotatable bonds is 7. The number of nitrogens with zero attached hydrogens (tertiary/aromatic N) is 1. The van der Waals surface area contributed by atoms with E-state index in [9.17, 15) is 9.90 Å². The number of anilines is 1. The molecule has 0 aliphatic carbocycles. The van der Waals surface area contributed by atoms with Crippen LogP contribution in [0.5, 0.6) is 11.5 Å². The van der Waals surface area contributed by atoms with E-state index in [1.165, 1.54) is 19.3 Å². The number of benzene rings is 3. The van der Waals surface area contributed by atoms with Crippen LogP contribution in [0.2, 0.25) is 5.02 Å². The molecule has 0 spiro atoms. The summed E-state index contributed by atoms with van der Waals surface area (Å²) in [5.74, 6) is 1.46. The molecule has 2 N–H and O–H groups in total. The van der Waals surface area contributed by atoms with Crippen molar-refractivity contribution in [2.24, 2.45) is 5.92 Å². The minimum Gasteiger partial charge on any atom is -0.493 e. The zero-order valence-electron chi connectivity index (χ0n) is 24.9. The topological polar surface area (TPSA) is 71.0 Å². The molecule has 3 aromatic carbocycles. The van der Waals surface area contributed by atoms with Crippen LogP contribution in [-0.2, 0) is 16.8 Å². The summed E-state index contributed by atoms with van der Waals surface area (Å²) >= 11 is 6.27. The first-order valence-corrected chi connectivity index (χ1v) is 15.6. The Morgan fingerprint density at radius 1 is 1.00 bits per heavy atom. The lowest BCUT2D eigenvalue weighted by atomic mass is 9.70. The average Bonchev–Trinajstić information content (AvgIpc) is 2.96. The molecular weight excluding hydrogens is 548 g/mol. The third kappa shape index (κ3) is 5.52. The summed E-state index contributed by atoms with van der Waals surface area (Å²) in [6.07, 6.45) is 5.81. The third-order valence-corrected chi connectivity index (χ3v) is 9.63. The number of aliphatic hydroxyl groups is 1. The highest BCUT2D eigenvalue weighted by Crippen LogP contribution is 2.45. The second kappa shape index (κ2) is 11.6. The van der Waals surface area contributed by atoms with Crippen molar-refractivity contribution in [2.45, 2.75) is 89.1 Å². The summed E-state index contributed by atoms with van der Waals surface area (Å²) in [4.78, 5) is 15.7. The molecule has 0 aromatic heterocycles. The number of halogens is 1. The summed E-state index contributed by atoms with van der Waals surface area (Å²) in [6, 6.07) is 20.2. The fourth-order valence-corrected chi connectivity index (χ4v) is 7.37. The Hall–Kier alpha value is -3.06. The van der Waals surface area contributed by atoms with Crippen molar-refractivity contribution in [2.75, 3.05) is 12.0 Å². The molecule has 3 unspecified atom stereocenters. The van der Waals surface area contributed by atoms with E-state index < -0.39 is 5.60 Å². The summed E-state index contributed by atoms with van der Waals surface area (Å²) in [5, 5.41) is 16.2. The predicted molar refractivity (Wildman–Crippen MR) is 167 cm³/mol. The first kappa shape index (κ1) is 29.0. The number of carbonyl (C=O) groups is 1. The lowest BCUT2D eigenvalue weighted by molar-refractivity contribution is -0.118. The molecule has 1 amide bonds. The van der Waals surface area contributed by atoms with Crippen molar-refractivity contribution in [3.63, 3.8) is 0 Å². The Bertz CT molecular complexity index is 1420. The van der Waals surface area contributed by atoms with Crippen molar-refractivity contribution in [1.29, 1.82) is 0 Å². The molecule has 3 aliphatic rings. The van der Waals surface area contributed by atoms with Crippen LogP contribution in [0, 0.1) is 5.92 Å². The largest absolute Gasteiger partial charge is 0.493 e. The van der Waals surface area contributed by atoms with Crippen molar-refractivity contribution >= 4 is 23.2 Å². The maximum atomic E-state index is 13.9. The third-order valence-electron chi connectivity index (χ3n) is 9.38. The summed E-state index contributed by atoms with van der Waals surface area (Å²) < 4.78 is 11.8. The Kier molecular flexibility index (Phi) is 7.99. The van der Waals surface area contributed by atoms with E-state index in [1.807, 2.05) is 86.3 Å². The van der Waals surface area contributed by atoms with Crippen molar-refractivity contribution in [1.82, 2.24) is 5.32 Å². The van der Waals surface area contributed by atoms with E-state index in [4.69, 9.17) is 21.1 Å². The monoisotopic (exact) mass is 588 g/mol. The van der Waals surface area contributed by atoms with E-state index in [-0.39, 0.29) is 30.4 Å². The standard InChI is InChI=1S/C35H41ClN2O4/c1-21(2)42-32-20-30-23(16-31(32)41-4)17-33(39)38(34(30)22-8-12-26(36)13-9-22)29-14-10-24(11-15-29)35(3,40)25-18-27-6-5-7-28(19-25)37-27/h8-16,20-21,25,27-28,34,37,40H,5-7,17-19H2,1-4H3/t25?,27?,28?,34-,35?/m0/s1. The lowest BCUT2D eigenvalue weighted by Gasteiger charge is -2.45. The van der Waals surface area contributed by atoms with Gasteiger partial charge < -0.3 is 24.8 Å². The first-order valence-electron chi connectivity index (χ1n) is 15.2. The molecule has 42 heavy (non-hydrogen) atoms. The molecule has 2 bridgehead atoms. The molecule has 6 rings (SSSR count). The fourth-order valence-electron chi connectivity index (χ4n) is 7.25. The summed E-state index contributed by atoms with van der Waals surface area (Å²) in [7, 11) is 1.62. The van der Waals surface area contributed by atoms with Gasteiger partial charge in [-0.1, -0.05) is 42.3 Å². The zero-order chi connectivity index (χ0) is 29.6. The molecular formula is C35H41ClN2O4. The van der Waals surface area contributed by atoms with Gasteiger partial charge in [0.05, 0.1) is 31.3 Å². The molecule has 3 heterocycles. The van der Waals surface area contributed by atoms with Crippen LogP contribution in [0.3, 0.4) is 0 Å². The lowest BCUT2D eigenvalue weighted by Crippen LogP contribution is -2.52. The van der Waals surface area contributed by atoms with Crippen LogP contribution >= 0.6 is 11.6 Å². The second-order valence-electron chi connectivity index (χ2n) is 12.6. The number of nitrogens with one attached hydrogen (secondary N) is 1. The van der Waals surface area contributed by atoms with Gasteiger partial charge in [0.25, 0.3) is 0 Å². The number of hydrogen-bond donors (Lipinski definition) is 2. The van der Waals surface area contributed by atoms with Gasteiger partial charge in [0, 0.05) is 22.8 Å². The van der Waals surface area contributed by atoms with Crippen LogP contribution in [0.1, 0.15) is 81.2 Å². The molecule has 3 aliphatic heterocycles. The van der Waals surface area contributed by atoms with Gasteiger partial charge in [0.15, 0.2) is 11.5 Å².